The van der Waals surface area contributed by atoms with Gasteiger partial charge in [-0.2, -0.15) is 0 Å². The molecular formula is C13H11ClN2O2S2. The quantitative estimate of drug-likeness (QED) is 0.846. The third kappa shape index (κ3) is 3.09. The molecule has 0 aliphatic rings. The zero-order chi connectivity index (χ0) is 14.7. The fraction of sp³-hybridized carbons (Fsp3) is 0.0769. The number of halogens is 1. The second kappa shape index (κ2) is 6.21. The molecule has 1 heterocycles. The Morgan fingerprint density at radius 3 is 2.70 bits per heavy atom. The first-order valence-electron chi connectivity index (χ1n) is 5.56. The van der Waals surface area contributed by atoms with Gasteiger partial charge in [-0.1, -0.05) is 29.9 Å². The van der Waals surface area contributed by atoms with E-state index in [4.69, 9.17) is 34.3 Å². The largest absolute Gasteiger partial charge is 0.495 e. The van der Waals surface area contributed by atoms with Gasteiger partial charge in [-0.25, -0.2) is 0 Å². The van der Waals surface area contributed by atoms with E-state index in [-0.39, 0.29) is 10.9 Å². The molecule has 104 valence electrons. The van der Waals surface area contributed by atoms with Crippen LogP contribution in [0.1, 0.15) is 15.2 Å². The van der Waals surface area contributed by atoms with E-state index >= 15 is 0 Å². The van der Waals surface area contributed by atoms with Crippen LogP contribution in [0.3, 0.4) is 0 Å². The number of methoxy groups -OCH3 is 1. The number of ether oxygens (including phenoxy) is 1. The van der Waals surface area contributed by atoms with Crippen LogP contribution in [0.15, 0.2) is 30.3 Å². The minimum atomic E-state index is -0.288. The van der Waals surface area contributed by atoms with Gasteiger partial charge in [0.2, 0.25) is 0 Å². The third-order valence-electron chi connectivity index (χ3n) is 2.55. The Labute approximate surface area is 130 Å². The smallest absolute Gasteiger partial charge is 0.265 e. The predicted octanol–water partition coefficient (Wildman–Crippen LogP) is 3.30. The van der Waals surface area contributed by atoms with E-state index in [9.17, 15) is 4.79 Å². The molecule has 0 spiro atoms. The number of nitrogens with two attached hydrogens (primary N) is 1. The van der Waals surface area contributed by atoms with E-state index in [1.807, 2.05) is 0 Å². The third-order valence-corrected chi connectivity index (χ3v) is 4.00. The van der Waals surface area contributed by atoms with Gasteiger partial charge in [-0.3, -0.25) is 4.79 Å². The normalized spacial score (nSPS) is 10.1. The van der Waals surface area contributed by atoms with Crippen molar-refractivity contribution in [1.82, 2.24) is 0 Å². The second-order valence-electron chi connectivity index (χ2n) is 3.80. The Kier molecular flexibility index (Phi) is 4.59. The van der Waals surface area contributed by atoms with Crippen LogP contribution in [0.4, 0.5) is 5.69 Å². The highest BCUT2D eigenvalue weighted by atomic mass is 35.5. The summed E-state index contributed by atoms with van der Waals surface area (Å²) in [5.74, 6) is 0.204. The molecule has 1 aromatic carbocycles. The molecule has 0 aliphatic carbocycles. The minimum Gasteiger partial charge on any atom is -0.495 e. The number of hydrogen-bond acceptors (Lipinski definition) is 4. The Morgan fingerprint density at radius 2 is 2.15 bits per heavy atom. The van der Waals surface area contributed by atoms with E-state index in [2.05, 4.69) is 5.32 Å². The van der Waals surface area contributed by atoms with Gasteiger partial charge >= 0.3 is 0 Å². The van der Waals surface area contributed by atoms with Crippen molar-refractivity contribution in [2.45, 2.75) is 0 Å². The monoisotopic (exact) mass is 326 g/mol. The lowest BCUT2D eigenvalue weighted by Gasteiger charge is -2.13. The molecule has 0 atom stereocenters. The van der Waals surface area contributed by atoms with Crippen molar-refractivity contribution in [3.8, 4) is 5.75 Å². The van der Waals surface area contributed by atoms with Gasteiger partial charge in [-0.05, 0) is 24.3 Å². The lowest BCUT2D eigenvalue weighted by atomic mass is 10.1. The summed E-state index contributed by atoms with van der Waals surface area (Å²) in [5, 5.41) is 2.76. The number of hydrogen-bond donors (Lipinski definition) is 2. The maximum absolute atomic E-state index is 12.2. The van der Waals surface area contributed by atoms with Crippen LogP contribution < -0.4 is 15.8 Å². The highest BCUT2D eigenvalue weighted by Crippen LogP contribution is 2.30. The highest BCUT2D eigenvalue weighted by molar-refractivity contribution is 7.80. The molecule has 0 bridgehead atoms. The molecule has 2 aromatic rings. The molecule has 1 amide bonds. The number of thiocarbonyl (C=S) groups is 1. The van der Waals surface area contributed by atoms with Crippen molar-refractivity contribution in [3.05, 3.63) is 45.1 Å². The Morgan fingerprint density at radius 1 is 1.40 bits per heavy atom. The molecule has 0 saturated heterocycles. The Bertz CT molecular complexity index is 670. The maximum Gasteiger partial charge on any atom is 0.265 e. The lowest BCUT2D eigenvalue weighted by Crippen LogP contribution is -2.17. The summed E-state index contributed by atoms with van der Waals surface area (Å²) >= 11 is 12.0. The van der Waals surface area contributed by atoms with Crippen LogP contribution in [0.5, 0.6) is 5.75 Å². The molecule has 7 heteroatoms. The van der Waals surface area contributed by atoms with E-state index in [1.165, 1.54) is 18.4 Å². The van der Waals surface area contributed by atoms with Crippen molar-refractivity contribution >= 4 is 51.7 Å². The van der Waals surface area contributed by atoms with E-state index in [0.717, 1.165) is 0 Å². The van der Waals surface area contributed by atoms with Crippen LogP contribution >= 0.6 is 35.2 Å². The average molecular weight is 327 g/mol. The number of amides is 1. The fourth-order valence-electron chi connectivity index (χ4n) is 1.65. The minimum absolute atomic E-state index is 0.184. The zero-order valence-electron chi connectivity index (χ0n) is 10.5. The molecule has 1 aromatic heterocycles. The van der Waals surface area contributed by atoms with Crippen LogP contribution in [-0.4, -0.2) is 18.0 Å². The van der Waals surface area contributed by atoms with Crippen LogP contribution in [0.25, 0.3) is 0 Å². The SMILES string of the molecule is COc1cccc(C(N)=S)c1NC(=O)c1ccc(Cl)s1. The summed E-state index contributed by atoms with van der Waals surface area (Å²) in [5.41, 5.74) is 6.67. The first-order chi connectivity index (χ1) is 9.52. The summed E-state index contributed by atoms with van der Waals surface area (Å²) in [6.07, 6.45) is 0. The first-order valence-corrected chi connectivity index (χ1v) is 7.16. The molecule has 4 nitrogen and oxygen atoms in total. The van der Waals surface area contributed by atoms with Crippen molar-refractivity contribution in [2.75, 3.05) is 12.4 Å². The van der Waals surface area contributed by atoms with E-state index in [0.29, 0.717) is 26.2 Å². The van der Waals surface area contributed by atoms with Crippen LogP contribution in [-0.2, 0) is 0 Å². The zero-order valence-corrected chi connectivity index (χ0v) is 12.9. The van der Waals surface area contributed by atoms with Gasteiger partial charge in [0.05, 0.1) is 22.0 Å². The highest BCUT2D eigenvalue weighted by Gasteiger charge is 2.16. The molecule has 0 aliphatic heterocycles. The predicted molar refractivity (Wildman–Crippen MR) is 86.2 cm³/mol. The number of carbonyl (C=O) groups is 1. The van der Waals surface area contributed by atoms with Crippen molar-refractivity contribution in [1.29, 1.82) is 0 Å². The van der Waals surface area contributed by atoms with Gasteiger partial charge in [0.1, 0.15) is 10.7 Å². The van der Waals surface area contributed by atoms with E-state index < -0.39 is 0 Å². The van der Waals surface area contributed by atoms with Crippen molar-refractivity contribution in [2.24, 2.45) is 5.73 Å². The van der Waals surface area contributed by atoms with Crippen LogP contribution in [0.2, 0.25) is 4.34 Å². The van der Waals surface area contributed by atoms with E-state index in [1.54, 1.807) is 30.3 Å². The fourth-order valence-corrected chi connectivity index (χ4v) is 2.76. The molecule has 2 rings (SSSR count). The number of carbonyl (C=O) groups excluding carboxylic acids is 1. The average Bonchev–Trinajstić information content (AvgIpc) is 2.85. The standard InChI is InChI=1S/C13H11ClN2O2S2/c1-18-8-4-2-3-7(12(15)19)11(8)16-13(17)9-5-6-10(14)20-9/h2-6H,1H3,(H2,15,19)(H,16,17). The summed E-state index contributed by atoms with van der Waals surface area (Å²) in [6.45, 7) is 0. The molecule has 0 fully saturated rings. The number of rotatable bonds is 4. The van der Waals surface area contributed by atoms with Gasteiger partial charge < -0.3 is 15.8 Å². The lowest BCUT2D eigenvalue weighted by molar-refractivity contribution is 0.103. The maximum atomic E-state index is 12.2. The van der Waals surface area contributed by atoms with Crippen molar-refractivity contribution in [3.63, 3.8) is 0 Å². The van der Waals surface area contributed by atoms with Gasteiger partial charge in [0.15, 0.2) is 0 Å². The van der Waals surface area contributed by atoms with Gasteiger partial charge in [0.25, 0.3) is 5.91 Å². The number of thiophene rings is 1. The molecule has 0 saturated carbocycles. The molecule has 0 radical (unpaired) electrons. The van der Waals surface area contributed by atoms with Gasteiger partial charge in [0, 0.05) is 5.56 Å². The topological polar surface area (TPSA) is 64.3 Å². The van der Waals surface area contributed by atoms with Crippen molar-refractivity contribution < 1.29 is 9.53 Å². The first kappa shape index (κ1) is 14.8. The number of benzene rings is 1. The number of para-hydroxylation sites is 1. The summed E-state index contributed by atoms with van der Waals surface area (Å²) in [4.78, 5) is 12.9. The van der Waals surface area contributed by atoms with Crippen LogP contribution in [0, 0.1) is 0 Å². The molecule has 0 unspecified atom stereocenters. The summed E-state index contributed by atoms with van der Waals surface area (Å²) in [6, 6.07) is 8.52. The number of anilines is 1. The molecular weight excluding hydrogens is 316 g/mol. The number of nitrogens with one attached hydrogen (secondary N) is 1. The summed E-state index contributed by atoms with van der Waals surface area (Å²) < 4.78 is 5.77. The second-order valence-corrected chi connectivity index (χ2v) is 5.96. The Hall–Kier alpha value is -1.63. The van der Waals surface area contributed by atoms with Gasteiger partial charge in [-0.15, -0.1) is 11.3 Å². The summed E-state index contributed by atoms with van der Waals surface area (Å²) in [7, 11) is 1.51. The Balaban J connectivity index is 2.37. The molecule has 20 heavy (non-hydrogen) atoms. The molecule has 3 N–H and O–H groups in total.